The number of halogens is 2. The van der Waals surface area contributed by atoms with E-state index in [-0.39, 0.29) is 18.6 Å². The molecule has 1 aromatic rings. The van der Waals surface area contributed by atoms with Crippen LogP contribution in [-0.4, -0.2) is 42.7 Å². The van der Waals surface area contributed by atoms with E-state index in [9.17, 15) is 13.6 Å². The first kappa shape index (κ1) is 18.0. The lowest BCUT2D eigenvalue weighted by molar-refractivity contribution is -0.142. The third-order valence-electron chi connectivity index (χ3n) is 2.97. The predicted molar refractivity (Wildman–Crippen MR) is 79.1 cm³/mol. The standard InChI is InChI=1S/C14H20F2NO3P/c1-4-20-21-14(15,16)11-7-5-6-10(8-11)9-12(13(18)19)17(2)3/h5-8,12,21H,4,9H2,1-3H3,(H,18,19). The van der Waals surface area contributed by atoms with Crippen LogP contribution in [0, 0.1) is 0 Å². The second-order valence-corrected chi connectivity index (χ2v) is 5.95. The molecule has 0 aliphatic heterocycles. The molecule has 0 radical (unpaired) electrons. The van der Waals surface area contributed by atoms with Crippen molar-refractivity contribution in [1.29, 1.82) is 0 Å². The average Bonchev–Trinajstić information content (AvgIpc) is 2.42. The van der Waals surface area contributed by atoms with E-state index in [0.717, 1.165) is 0 Å². The molecule has 0 aliphatic carbocycles. The Kier molecular flexibility index (Phi) is 6.65. The molecule has 0 aliphatic rings. The van der Waals surface area contributed by atoms with Crippen molar-refractivity contribution in [2.45, 2.75) is 25.1 Å². The minimum Gasteiger partial charge on any atom is -0.480 e. The minimum atomic E-state index is -3.05. The van der Waals surface area contributed by atoms with Crippen LogP contribution in [-0.2, 0) is 21.4 Å². The largest absolute Gasteiger partial charge is 0.480 e. The van der Waals surface area contributed by atoms with Gasteiger partial charge < -0.3 is 9.63 Å². The zero-order valence-electron chi connectivity index (χ0n) is 12.3. The smallest absolute Gasteiger partial charge is 0.321 e. The van der Waals surface area contributed by atoms with Gasteiger partial charge >= 0.3 is 11.6 Å². The van der Waals surface area contributed by atoms with Gasteiger partial charge in [-0.3, -0.25) is 9.69 Å². The molecule has 0 heterocycles. The summed E-state index contributed by atoms with van der Waals surface area (Å²) in [6, 6.07) is 5.11. The van der Waals surface area contributed by atoms with E-state index in [1.807, 2.05) is 0 Å². The molecule has 2 unspecified atom stereocenters. The Morgan fingerprint density at radius 1 is 1.48 bits per heavy atom. The summed E-state index contributed by atoms with van der Waals surface area (Å²) in [5, 5.41) is 9.14. The van der Waals surface area contributed by atoms with Gasteiger partial charge in [0, 0.05) is 12.2 Å². The van der Waals surface area contributed by atoms with Crippen LogP contribution in [0.25, 0.3) is 0 Å². The summed E-state index contributed by atoms with van der Waals surface area (Å²) in [7, 11) is 2.35. The lowest BCUT2D eigenvalue weighted by Gasteiger charge is -2.21. The Morgan fingerprint density at radius 3 is 2.67 bits per heavy atom. The number of hydrogen-bond donors (Lipinski definition) is 1. The van der Waals surface area contributed by atoms with E-state index in [1.54, 1.807) is 32.0 Å². The molecule has 1 N–H and O–H groups in total. The predicted octanol–water partition coefficient (Wildman–Crippen LogP) is 2.92. The van der Waals surface area contributed by atoms with Crippen molar-refractivity contribution in [3.63, 3.8) is 0 Å². The lowest BCUT2D eigenvalue weighted by Crippen LogP contribution is -2.37. The average molecular weight is 319 g/mol. The van der Waals surface area contributed by atoms with Crippen molar-refractivity contribution < 1.29 is 23.2 Å². The molecule has 1 aromatic carbocycles. The SMILES string of the molecule is CCOPC(F)(F)c1cccc(CC(C(=O)O)N(C)C)c1. The molecule has 0 spiro atoms. The van der Waals surface area contributed by atoms with Crippen molar-refractivity contribution in [3.05, 3.63) is 35.4 Å². The molecule has 0 amide bonds. The molecule has 0 saturated heterocycles. The van der Waals surface area contributed by atoms with E-state index in [1.165, 1.54) is 18.2 Å². The molecular formula is C14H20F2NO3P. The van der Waals surface area contributed by atoms with Gasteiger partial charge in [-0.05, 0) is 39.1 Å². The summed E-state index contributed by atoms with van der Waals surface area (Å²) < 4.78 is 32.7. The highest BCUT2D eigenvalue weighted by Crippen LogP contribution is 2.45. The highest BCUT2D eigenvalue weighted by molar-refractivity contribution is 7.33. The zero-order chi connectivity index (χ0) is 16.0. The number of hydrogen-bond acceptors (Lipinski definition) is 3. The summed E-state index contributed by atoms with van der Waals surface area (Å²) in [5.41, 5.74) is -2.63. The number of likely N-dealkylation sites (N-methyl/N-ethyl adjacent to an activating group) is 1. The Bertz CT molecular complexity index is 483. The van der Waals surface area contributed by atoms with Gasteiger partial charge in [0.25, 0.3) is 0 Å². The van der Waals surface area contributed by atoms with Crippen LogP contribution in [0.4, 0.5) is 8.78 Å². The summed E-state index contributed by atoms with van der Waals surface area (Å²) in [5.74, 6) is -0.978. The summed E-state index contributed by atoms with van der Waals surface area (Å²) >= 11 is 0. The molecule has 0 bridgehead atoms. The maximum Gasteiger partial charge on any atom is 0.321 e. The Labute approximate surface area is 125 Å². The fraction of sp³-hybridized carbons (Fsp3) is 0.500. The Balaban J connectivity index is 2.92. The van der Waals surface area contributed by atoms with Crippen molar-refractivity contribution in [2.75, 3.05) is 20.7 Å². The third kappa shape index (κ3) is 5.30. The number of alkyl halides is 2. The van der Waals surface area contributed by atoms with Crippen molar-refractivity contribution in [2.24, 2.45) is 0 Å². The normalized spacial score (nSPS) is 14.0. The first-order valence-electron chi connectivity index (χ1n) is 6.53. The molecule has 4 nitrogen and oxygen atoms in total. The fourth-order valence-electron chi connectivity index (χ4n) is 1.83. The van der Waals surface area contributed by atoms with Gasteiger partial charge in [-0.1, -0.05) is 18.2 Å². The van der Waals surface area contributed by atoms with E-state index in [0.29, 0.717) is 5.56 Å². The van der Waals surface area contributed by atoms with Gasteiger partial charge in [0.1, 0.15) is 6.04 Å². The maximum absolute atomic E-state index is 13.9. The van der Waals surface area contributed by atoms with Gasteiger partial charge in [0.05, 0.1) is 8.81 Å². The topological polar surface area (TPSA) is 49.8 Å². The van der Waals surface area contributed by atoms with Crippen molar-refractivity contribution in [1.82, 2.24) is 4.90 Å². The van der Waals surface area contributed by atoms with Crippen LogP contribution in [0.1, 0.15) is 18.1 Å². The second-order valence-electron chi connectivity index (χ2n) is 4.83. The van der Waals surface area contributed by atoms with Crippen LogP contribution in [0.3, 0.4) is 0 Å². The van der Waals surface area contributed by atoms with E-state index in [4.69, 9.17) is 9.63 Å². The molecule has 0 aromatic heterocycles. The molecule has 21 heavy (non-hydrogen) atoms. The highest BCUT2D eigenvalue weighted by Gasteiger charge is 2.32. The number of nitrogens with zero attached hydrogens (tertiary/aromatic N) is 1. The quantitative estimate of drug-likeness (QED) is 0.749. The molecule has 0 fully saturated rings. The van der Waals surface area contributed by atoms with E-state index in [2.05, 4.69) is 0 Å². The lowest BCUT2D eigenvalue weighted by atomic mass is 10.0. The van der Waals surface area contributed by atoms with Gasteiger partial charge in [-0.15, -0.1) is 0 Å². The molecule has 1 rings (SSSR count). The number of carboxylic acid groups (broad SMARTS) is 1. The summed E-state index contributed by atoms with van der Waals surface area (Å²) in [6.07, 6.45) is 0.171. The first-order chi connectivity index (χ1) is 9.77. The van der Waals surface area contributed by atoms with Crippen LogP contribution in [0.5, 0.6) is 0 Å². The van der Waals surface area contributed by atoms with Crippen molar-refractivity contribution in [3.8, 4) is 0 Å². The highest BCUT2D eigenvalue weighted by atomic mass is 31.1. The van der Waals surface area contributed by atoms with Gasteiger partial charge in [-0.25, -0.2) is 0 Å². The van der Waals surface area contributed by atoms with Gasteiger partial charge in [-0.2, -0.15) is 8.78 Å². The number of rotatable bonds is 8. The third-order valence-corrected chi connectivity index (χ3v) is 3.95. The minimum absolute atomic E-state index is 0.144. The van der Waals surface area contributed by atoms with Gasteiger partial charge in [0.2, 0.25) is 0 Å². The van der Waals surface area contributed by atoms with E-state index < -0.39 is 26.5 Å². The number of carboxylic acids is 1. The Hall–Kier alpha value is -1.10. The number of benzene rings is 1. The monoisotopic (exact) mass is 319 g/mol. The van der Waals surface area contributed by atoms with Crippen LogP contribution < -0.4 is 0 Å². The van der Waals surface area contributed by atoms with Crippen LogP contribution >= 0.6 is 8.81 Å². The number of aliphatic carboxylic acids is 1. The molecular weight excluding hydrogens is 299 g/mol. The first-order valence-corrected chi connectivity index (χ1v) is 7.44. The van der Waals surface area contributed by atoms with E-state index >= 15 is 0 Å². The molecule has 0 saturated carbocycles. The molecule has 118 valence electrons. The van der Waals surface area contributed by atoms with Gasteiger partial charge in [0.15, 0.2) is 0 Å². The number of carbonyl (C=O) groups is 1. The van der Waals surface area contributed by atoms with Crippen LogP contribution in [0.2, 0.25) is 0 Å². The summed E-state index contributed by atoms with van der Waals surface area (Å²) in [4.78, 5) is 12.7. The molecule has 2 atom stereocenters. The summed E-state index contributed by atoms with van der Waals surface area (Å²) in [6.45, 7) is 1.89. The Morgan fingerprint density at radius 2 is 2.14 bits per heavy atom. The zero-order valence-corrected chi connectivity index (χ0v) is 13.3. The fourth-order valence-corrected chi connectivity index (χ4v) is 2.43. The molecule has 7 heteroatoms. The van der Waals surface area contributed by atoms with Crippen LogP contribution in [0.15, 0.2) is 24.3 Å². The second kappa shape index (κ2) is 7.78. The van der Waals surface area contributed by atoms with Crippen molar-refractivity contribution >= 4 is 14.8 Å². The maximum atomic E-state index is 13.9.